The van der Waals surface area contributed by atoms with Crippen LogP contribution in [0.25, 0.3) is 0 Å². The Morgan fingerprint density at radius 2 is 1.24 bits per heavy atom. The molecule has 0 N–H and O–H groups in total. The van der Waals surface area contributed by atoms with Gasteiger partial charge in [0.2, 0.25) is 0 Å². The largest absolute Gasteiger partial charge is 0.299 e. The lowest BCUT2D eigenvalue weighted by Gasteiger charge is -2.44. The fourth-order valence-electron chi connectivity index (χ4n) is 5.85. The van der Waals surface area contributed by atoms with Gasteiger partial charge in [0.25, 0.3) is 0 Å². The molecular weight excluding hydrogens is 371 g/mol. The van der Waals surface area contributed by atoms with Crippen LogP contribution in [-0.2, 0) is 15.4 Å². The highest BCUT2D eigenvalue weighted by Crippen LogP contribution is 2.88. The van der Waals surface area contributed by atoms with Gasteiger partial charge < -0.3 is 0 Å². The van der Waals surface area contributed by atoms with Gasteiger partial charge in [-0.2, -0.15) is 0 Å². The lowest BCUT2D eigenvalue weighted by molar-refractivity contribution is -0.127. The second-order valence-corrected chi connectivity index (χ2v) is 11.3. The Balaban J connectivity index is 1.85. The molecule has 3 aromatic rings. The maximum absolute atomic E-state index is 13.7. The van der Waals surface area contributed by atoms with Crippen molar-refractivity contribution in [2.45, 2.75) is 24.4 Å². The Labute approximate surface area is 174 Å². The van der Waals surface area contributed by atoms with E-state index in [1.165, 1.54) is 22.9 Å². The summed E-state index contributed by atoms with van der Waals surface area (Å²) in [7, 11) is -0.211. The number of hydrogen-bond acceptors (Lipinski definition) is 1. The molecule has 3 unspecified atom stereocenters. The van der Waals surface area contributed by atoms with Crippen molar-refractivity contribution in [3.8, 4) is 0 Å². The topological polar surface area (TPSA) is 17.1 Å². The average Bonchev–Trinajstić information content (AvgIpc) is 3.43. The van der Waals surface area contributed by atoms with E-state index in [4.69, 9.17) is 0 Å². The van der Waals surface area contributed by atoms with E-state index in [9.17, 15) is 4.79 Å². The van der Waals surface area contributed by atoms with Crippen LogP contribution in [0.1, 0.15) is 30.5 Å². The second-order valence-electron chi connectivity index (χ2n) is 8.76. The van der Waals surface area contributed by atoms with Crippen molar-refractivity contribution in [1.29, 1.82) is 0 Å². The maximum atomic E-state index is 13.7. The van der Waals surface area contributed by atoms with Crippen LogP contribution in [-0.4, -0.2) is 18.1 Å². The molecule has 2 saturated heterocycles. The van der Waals surface area contributed by atoms with E-state index in [0.29, 0.717) is 5.78 Å². The van der Waals surface area contributed by atoms with Gasteiger partial charge in [0.1, 0.15) is 5.78 Å². The van der Waals surface area contributed by atoms with Gasteiger partial charge in [-0.1, -0.05) is 113 Å². The van der Waals surface area contributed by atoms with E-state index in [0.717, 1.165) is 6.16 Å². The third-order valence-electron chi connectivity index (χ3n) is 7.06. The monoisotopic (exact) mass is 398 g/mol. The number of rotatable bonds is 5. The van der Waals surface area contributed by atoms with Gasteiger partial charge >= 0.3 is 0 Å². The molecule has 2 aliphatic rings. The lowest BCUT2D eigenvalue weighted by Crippen LogP contribution is -2.49. The lowest BCUT2D eigenvalue weighted by atomic mass is 9.56. The summed E-state index contributed by atoms with van der Waals surface area (Å²) in [5, 5.41) is 0.0571. The van der Waals surface area contributed by atoms with Crippen LogP contribution < -0.4 is 0 Å². The molecule has 5 rings (SSSR count). The van der Waals surface area contributed by atoms with Gasteiger partial charge in [-0.3, -0.25) is 4.79 Å². The van der Waals surface area contributed by atoms with Gasteiger partial charge in [-0.25, -0.2) is 0 Å². The van der Waals surface area contributed by atoms with Crippen LogP contribution in [0.15, 0.2) is 91.0 Å². The van der Waals surface area contributed by atoms with Crippen molar-refractivity contribution in [2.24, 2.45) is 11.8 Å². The smallest absolute Gasteiger partial charge is 0.140 e. The normalized spacial score (nSPS) is 26.9. The molecule has 0 aliphatic carbocycles. The number of Topliss-reactive ketones (excluding diaryl/α,β-unsaturated/α-hetero) is 1. The molecule has 2 aliphatic heterocycles. The van der Waals surface area contributed by atoms with Crippen LogP contribution in [0, 0.1) is 11.8 Å². The summed E-state index contributed by atoms with van der Waals surface area (Å²) < 4.78 is 0. The third-order valence-corrected chi connectivity index (χ3v) is 10.2. The highest BCUT2D eigenvalue weighted by molar-refractivity contribution is 7.67. The summed E-state index contributed by atoms with van der Waals surface area (Å²) >= 11 is 0. The summed E-state index contributed by atoms with van der Waals surface area (Å²) in [5.74, 6) is 0.503. The first-order chi connectivity index (χ1) is 14.1. The number of fused-ring (bicyclic) bond motifs is 1. The standard InChI is InChI=1S/C27H27OP/c1-20(2)25(28)24-18-29-19-26(29,21-12-6-3-7-13-21)27(24,22-14-8-4-9-15-22)23-16-10-5-11-17-23/h3-17,20,24H,18-19H2,1-2H3. The van der Waals surface area contributed by atoms with Crippen molar-refractivity contribution >= 4 is 13.7 Å². The van der Waals surface area contributed by atoms with Gasteiger partial charge in [0, 0.05) is 22.4 Å². The minimum Gasteiger partial charge on any atom is -0.299 e. The highest BCUT2D eigenvalue weighted by Gasteiger charge is 2.76. The molecule has 0 amide bonds. The molecule has 2 fully saturated rings. The molecule has 3 atom stereocenters. The second kappa shape index (κ2) is 6.92. The molecule has 0 spiro atoms. The van der Waals surface area contributed by atoms with Crippen molar-refractivity contribution in [1.82, 2.24) is 0 Å². The minimum absolute atomic E-state index is 0.0346. The number of ketones is 1. The third kappa shape index (κ3) is 2.53. The fourth-order valence-corrected chi connectivity index (χ4v) is 9.83. The van der Waals surface area contributed by atoms with E-state index in [-0.39, 0.29) is 30.3 Å². The predicted octanol–water partition coefficient (Wildman–Crippen LogP) is 6.22. The molecule has 1 nitrogen and oxygen atoms in total. The highest BCUT2D eigenvalue weighted by atomic mass is 31.1. The Bertz CT molecular complexity index is 973. The molecule has 3 aromatic carbocycles. The molecule has 0 aromatic heterocycles. The van der Waals surface area contributed by atoms with Crippen molar-refractivity contribution in [3.05, 3.63) is 108 Å². The van der Waals surface area contributed by atoms with Crippen LogP contribution in [0.4, 0.5) is 0 Å². The number of carbonyl (C=O) groups excluding carboxylic acids is 1. The summed E-state index contributed by atoms with van der Waals surface area (Å²) in [6.07, 6.45) is 2.27. The van der Waals surface area contributed by atoms with Gasteiger partial charge in [0.15, 0.2) is 0 Å². The molecule has 2 heterocycles. The van der Waals surface area contributed by atoms with Crippen LogP contribution in [0.3, 0.4) is 0 Å². The van der Waals surface area contributed by atoms with Gasteiger partial charge in [-0.05, 0) is 29.0 Å². The number of benzene rings is 3. The summed E-state index contributed by atoms with van der Waals surface area (Å²) in [6.45, 7) is 4.13. The summed E-state index contributed by atoms with van der Waals surface area (Å²) in [5.41, 5.74) is 3.73. The number of hydrogen-bond donors (Lipinski definition) is 0. The van der Waals surface area contributed by atoms with Crippen LogP contribution in [0.5, 0.6) is 0 Å². The predicted molar refractivity (Wildman–Crippen MR) is 122 cm³/mol. The molecule has 0 saturated carbocycles. The molecular formula is C27H27OP. The quantitative estimate of drug-likeness (QED) is 0.466. The van der Waals surface area contributed by atoms with E-state index in [1.54, 1.807) is 0 Å². The van der Waals surface area contributed by atoms with E-state index >= 15 is 0 Å². The SMILES string of the molecule is CC(C)C(=O)C1CP2CC2(c2ccccc2)C1(c1ccccc1)c1ccccc1. The van der Waals surface area contributed by atoms with E-state index in [1.807, 2.05) is 0 Å². The first kappa shape index (κ1) is 18.8. The van der Waals surface area contributed by atoms with Crippen LogP contribution in [0.2, 0.25) is 0 Å². The van der Waals surface area contributed by atoms with Crippen molar-refractivity contribution in [2.75, 3.05) is 12.3 Å². The van der Waals surface area contributed by atoms with Gasteiger partial charge in [-0.15, -0.1) is 0 Å². The minimum atomic E-state index is -0.288. The zero-order valence-corrected chi connectivity index (χ0v) is 18.0. The fraction of sp³-hybridized carbons (Fsp3) is 0.296. The maximum Gasteiger partial charge on any atom is 0.140 e. The number of carbonyl (C=O) groups is 1. The Morgan fingerprint density at radius 3 is 1.69 bits per heavy atom. The molecule has 29 heavy (non-hydrogen) atoms. The first-order valence-electron chi connectivity index (χ1n) is 10.6. The molecule has 0 radical (unpaired) electrons. The van der Waals surface area contributed by atoms with E-state index < -0.39 is 0 Å². The summed E-state index contributed by atoms with van der Waals surface area (Å²) in [6, 6.07) is 32.8. The first-order valence-corrected chi connectivity index (χ1v) is 12.3. The van der Waals surface area contributed by atoms with Crippen molar-refractivity contribution < 1.29 is 4.79 Å². The molecule has 146 valence electrons. The Kier molecular flexibility index (Phi) is 4.48. The van der Waals surface area contributed by atoms with E-state index in [2.05, 4.69) is 105 Å². The Hall–Kier alpha value is -2.24. The zero-order chi connectivity index (χ0) is 20.1. The summed E-state index contributed by atoms with van der Waals surface area (Å²) in [4.78, 5) is 13.7. The van der Waals surface area contributed by atoms with Gasteiger partial charge in [0.05, 0.1) is 0 Å². The zero-order valence-electron chi connectivity index (χ0n) is 17.1. The average molecular weight is 398 g/mol. The Morgan fingerprint density at radius 1 is 0.793 bits per heavy atom. The van der Waals surface area contributed by atoms with Crippen molar-refractivity contribution in [3.63, 3.8) is 0 Å². The molecule has 2 heteroatoms. The van der Waals surface area contributed by atoms with Crippen LogP contribution >= 0.6 is 7.92 Å². The molecule has 0 bridgehead atoms.